The Hall–Kier alpha value is -1.10. The molecule has 1 saturated carbocycles. The van der Waals surface area contributed by atoms with Crippen LogP contribution >= 0.6 is 0 Å². The Morgan fingerprint density at radius 3 is 2.69 bits per heavy atom. The Morgan fingerprint density at radius 2 is 2.19 bits per heavy atom. The molecule has 2 unspecified atom stereocenters. The highest BCUT2D eigenvalue weighted by atomic mass is 16.3. The number of aliphatic hydroxyl groups excluding tert-OH is 1. The topological polar surface area (TPSA) is 78.4 Å². The van der Waals surface area contributed by atoms with Gasteiger partial charge in [-0.15, -0.1) is 0 Å². The van der Waals surface area contributed by atoms with Crippen LogP contribution in [0, 0.1) is 5.41 Å². The van der Waals surface area contributed by atoms with Crippen LogP contribution in [0.25, 0.3) is 0 Å². The molecule has 0 spiro atoms. The Morgan fingerprint density at radius 1 is 1.50 bits per heavy atom. The molecular weight excluding hydrogens is 208 g/mol. The fourth-order valence-corrected chi connectivity index (χ4v) is 2.20. The van der Waals surface area contributed by atoms with Crippen LogP contribution in [0.4, 0.5) is 0 Å². The molecule has 2 amide bonds. The van der Waals surface area contributed by atoms with Crippen LogP contribution < -0.4 is 10.6 Å². The van der Waals surface area contributed by atoms with Crippen molar-refractivity contribution in [2.45, 2.75) is 51.3 Å². The molecule has 1 heterocycles. The van der Waals surface area contributed by atoms with Gasteiger partial charge in [-0.3, -0.25) is 9.59 Å². The van der Waals surface area contributed by atoms with Crippen LogP contribution in [-0.2, 0) is 9.59 Å². The van der Waals surface area contributed by atoms with Gasteiger partial charge in [-0.25, -0.2) is 0 Å². The van der Waals surface area contributed by atoms with Gasteiger partial charge >= 0.3 is 0 Å². The summed E-state index contributed by atoms with van der Waals surface area (Å²) in [5.41, 5.74) is -0.281. The fourth-order valence-electron chi connectivity index (χ4n) is 2.20. The first kappa shape index (κ1) is 11.4. The number of rotatable bonds is 2. The van der Waals surface area contributed by atoms with E-state index in [2.05, 4.69) is 10.6 Å². The maximum Gasteiger partial charge on any atom is 0.244 e. The van der Waals surface area contributed by atoms with Gasteiger partial charge in [0.1, 0.15) is 12.3 Å². The summed E-state index contributed by atoms with van der Waals surface area (Å²) in [5.74, 6) is -0.315. The van der Waals surface area contributed by atoms with Crippen molar-refractivity contribution in [3.05, 3.63) is 0 Å². The van der Waals surface area contributed by atoms with E-state index in [0.717, 1.165) is 19.3 Å². The summed E-state index contributed by atoms with van der Waals surface area (Å²) < 4.78 is 0. The van der Waals surface area contributed by atoms with Crippen molar-refractivity contribution in [3.8, 4) is 0 Å². The van der Waals surface area contributed by atoms with E-state index in [-0.39, 0.29) is 17.2 Å². The monoisotopic (exact) mass is 226 g/mol. The summed E-state index contributed by atoms with van der Waals surface area (Å²) in [7, 11) is 0. The second-order valence-corrected chi connectivity index (χ2v) is 5.04. The summed E-state index contributed by atoms with van der Waals surface area (Å²) in [5, 5.41) is 14.4. The van der Waals surface area contributed by atoms with E-state index in [9.17, 15) is 14.7 Å². The van der Waals surface area contributed by atoms with Crippen molar-refractivity contribution in [3.63, 3.8) is 0 Å². The number of piperidine rings is 1. The first-order chi connectivity index (χ1) is 7.51. The minimum atomic E-state index is -0.764. The quantitative estimate of drug-likeness (QED) is 0.614. The molecule has 0 bridgehead atoms. The molecule has 5 heteroatoms. The standard InChI is InChI=1S/C11H18N2O3/c1-11(5-2-6-11)10(16)12-7-3-4-8(14)13-9(7)15/h7-8,14H,2-6H2,1H3,(H,12,16)(H,13,15). The summed E-state index contributed by atoms with van der Waals surface area (Å²) >= 11 is 0. The van der Waals surface area contributed by atoms with Crippen LogP contribution in [0.5, 0.6) is 0 Å². The van der Waals surface area contributed by atoms with Gasteiger partial charge in [0, 0.05) is 5.41 Å². The van der Waals surface area contributed by atoms with Gasteiger partial charge in [0.25, 0.3) is 0 Å². The SMILES string of the molecule is CC1(C(=O)NC2CCC(O)NC2=O)CCC1. The molecule has 0 radical (unpaired) electrons. The lowest BCUT2D eigenvalue weighted by atomic mass is 9.69. The molecular formula is C11H18N2O3. The lowest BCUT2D eigenvalue weighted by molar-refractivity contribution is -0.140. The molecule has 1 saturated heterocycles. The average Bonchev–Trinajstić information content (AvgIpc) is 2.18. The second-order valence-electron chi connectivity index (χ2n) is 5.04. The third kappa shape index (κ3) is 2.04. The van der Waals surface area contributed by atoms with Crippen molar-refractivity contribution in [1.29, 1.82) is 0 Å². The van der Waals surface area contributed by atoms with Gasteiger partial charge in [0.05, 0.1) is 0 Å². The molecule has 1 aliphatic carbocycles. The average molecular weight is 226 g/mol. The van der Waals surface area contributed by atoms with Crippen molar-refractivity contribution in [1.82, 2.24) is 10.6 Å². The van der Waals surface area contributed by atoms with E-state index in [4.69, 9.17) is 0 Å². The molecule has 5 nitrogen and oxygen atoms in total. The number of nitrogens with one attached hydrogen (secondary N) is 2. The molecule has 3 N–H and O–H groups in total. The largest absolute Gasteiger partial charge is 0.374 e. The number of amides is 2. The molecule has 90 valence electrons. The zero-order valence-electron chi connectivity index (χ0n) is 9.45. The lowest BCUT2D eigenvalue weighted by Crippen LogP contribution is -2.57. The van der Waals surface area contributed by atoms with Crippen molar-refractivity contribution < 1.29 is 14.7 Å². The van der Waals surface area contributed by atoms with Gasteiger partial charge in [-0.2, -0.15) is 0 Å². The van der Waals surface area contributed by atoms with E-state index in [1.54, 1.807) is 0 Å². The predicted molar refractivity (Wildman–Crippen MR) is 57.3 cm³/mol. The van der Waals surface area contributed by atoms with Crippen LogP contribution in [-0.4, -0.2) is 29.2 Å². The zero-order valence-corrected chi connectivity index (χ0v) is 9.45. The van der Waals surface area contributed by atoms with Crippen molar-refractivity contribution in [2.75, 3.05) is 0 Å². The molecule has 0 aromatic heterocycles. The maximum absolute atomic E-state index is 11.9. The number of carbonyl (C=O) groups is 2. The van der Waals surface area contributed by atoms with E-state index in [1.165, 1.54) is 0 Å². The van der Waals surface area contributed by atoms with Crippen LogP contribution in [0.15, 0.2) is 0 Å². The van der Waals surface area contributed by atoms with Gasteiger partial charge in [0.2, 0.25) is 11.8 Å². The van der Waals surface area contributed by atoms with Crippen molar-refractivity contribution >= 4 is 11.8 Å². The summed E-state index contributed by atoms with van der Waals surface area (Å²) in [6, 6.07) is -0.478. The molecule has 0 aromatic carbocycles. The summed E-state index contributed by atoms with van der Waals surface area (Å²) in [6.07, 6.45) is 3.12. The predicted octanol–water partition coefficient (Wildman–Crippen LogP) is -0.110. The van der Waals surface area contributed by atoms with Crippen LogP contribution in [0.1, 0.15) is 39.0 Å². The summed E-state index contributed by atoms with van der Waals surface area (Å²) in [4.78, 5) is 23.4. The van der Waals surface area contributed by atoms with E-state index < -0.39 is 12.3 Å². The minimum absolute atomic E-state index is 0.0321. The molecule has 2 fully saturated rings. The number of aliphatic hydroxyl groups is 1. The molecule has 2 atom stereocenters. The Kier molecular flexibility index (Phi) is 2.88. The van der Waals surface area contributed by atoms with Gasteiger partial charge in [-0.1, -0.05) is 13.3 Å². The van der Waals surface area contributed by atoms with Gasteiger partial charge in [-0.05, 0) is 25.7 Å². The second kappa shape index (κ2) is 4.05. The Bertz CT molecular complexity index is 312. The van der Waals surface area contributed by atoms with Gasteiger partial charge < -0.3 is 15.7 Å². The lowest BCUT2D eigenvalue weighted by Gasteiger charge is -2.38. The first-order valence-corrected chi connectivity index (χ1v) is 5.81. The van der Waals surface area contributed by atoms with Gasteiger partial charge in [0.15, 0.2) is 0 Å². The minimum Gasteiger partial charge on any atom is -0.374 e. The fraction of sp³-hybridized carbons (Fsp3) is 0.818. The van der Waals surface area contributed by atoms with E-state index in [0.29, 0.717) is 12.8 Å². The van der Waals surface area contributed by atoms with E-state index >= 15 is 0 Å². The molecule has 2 rings (SSSR count). The Labute approximate surface area is 94.6 Å². The number of carbonyl (C=O) groups excluding carboxylic acids is 2. The third-order valence-electron chi connectivity index (χ3n) is 3.66. The van der Waals surface area contributed by atoms with Crippen LogP contribution in [0.3, 0.4) is 0 Å². The highest BCUT2D eigenvalue weighted by Gasteiger charge is 2.41. The first-order valence-electron chi connectivity index (χ1n) is 5.81. The molecule has 0 aromatic rings. The normalized spacial score (nSPS) is 32.5. The number of hydrogen-bond donors (Lipinski definition) is 3. The zero-order chi connectivity index (χ0) is 11.8. The highest BCUT2D eigenvalue weighted by Crippen LogP contribution is 2.40. The third-order valence-corrected chi connectivity index (χ3v) is 3.66. The molecule has 2 aliphatic rings. The van der Waals surface area contributed by atoms with Crippen molar-refractivity contribution in [2.24, 2.45) is 5.41 Å². The van der Waals surface area contributed by atoms with Crippen LogP contribution in [0.2, 0.25) is 0 Å². The molecule has 1 aliphatic heterocycles. The van der Waals surface area contributed by atoms with E-state index in [1.807, 2.05) is 6.92 Å². The summed E-state index contributed by atoms with van der Waals surface area (Å²) in [6.45, 7) is 1.93. The smallest absolute Gasteiger partial charge is 0.244 e. The molecule has 16 heavy (non-hydrogen) atoms. The number of hydrogen-bond acceptors (Lipinski definition) is 3. The Balaban J connectivity index is 1.89. The highest BCUT2D eigenvalue weighted by molar-refractivity contribution is 5.90. The maximum atomic E-state index is 11.9.